The van der Waals surface area contributed by atoms with Crippen LogP contribution in [0.3, 0.4) is 0 Å². The van der Waals surface area contributed by atoms with E-state index in [1.165, 1.54) is 18.2 Å². The molecule has 0 aromatic heterocycles. The fraction of sp³-hybridized carbons (Fsp3) is 0.250. The fourth-order valence-corrected chi connectivity index (χ4v) is 2.08. The summed E-state index contributed by atoms with van der Waals surface area (Å²) in [5, 5.41) is 13.5. The van der Waals surface area contributed by atoms with Crippen molar-refractivity contribution in [2.24, 2.45) is 0 Å². The number of nitrogens with zero attached hydrogens (tertiary/aromatic N) is 1. The maximum absolute atomic E-state index is 11.8. The van der Waals surface area contributed by atoms with Crippen LogP contribution in [0.25, 0.3) is 0 Å². The molecule has 0 spiro atoms. The van der Waals surface area contributed by atoms with E-state index in [2.05, 4.69) is 11.9 Å². The van der Waals surface area contributed by atoms with Crippen LogP contribution in [-0.4, -0.2) is 28.9 Å². The summed E-state index contributed by atoms with van der Waals surface area (Å²) in [6, 6.07) is 3.79. The molecule has 0 saturated carbocycles. The molecule has 1 rings (SSSR count). The number of thioether (sulfide) groups is 1. The highest BCUT2D eigenvalue weighted by atomic mass is 35.5. The minimum Gasteiger partial charge on any atom is -0.351 e. The summed E-state index contributed by atoms with van der Waals surface area (Å²) in [4.78, 5) is 21.9. The molecule has 0 saturated heterocycles. The van der Waals surface area contributed by atoms with Gasteiger partial charge in [-0.25, -0.2) is 0 Å². The highest BCUT2D eigenvalue weighted by Gasteiger charge is 2.15. The summed E-state index contributed by atoms with van der Waals surface area (Å²) in [6.07, 6.45) is 1.78. The van der Waals surface area contributed by atoms with Gasteiger partial charge in [0.15, 0.2) is 0 Å². The van der Waals surface area contributed by atoms with Gasteiger partial charge in [-0.3, -0.25) is 14.9 Å². The SMILES string of the molecule is C=CCSCCNC(=O)c1cc([N+](=O)[O-])ccc1Cl. The third kappa shape index (κ3) is 4.92. The van der Waals surface area contributed by atoms with Gasteiger partial charge >= 0.3 is 0 Å². The Kier molecular flexibility index (Phi) is 6.38. The number of benzene rings is 1. The molecule has 0 bridgehead atoms. The summed E-state index contributed by atoms with van der Waals surface area (Å²) in [6.45, 7) is 4.06. The maximum atomic E-state index is 11.8. The smallest absolute Gasteiger partial charge is 0.270 e. The number of amides is 1. The van der Waals surface area contributed by atoms with Crippen LogP contribution >= 0.6 is 23.4 Å². The first-order chi connectivity index (χ1) is 9.06. The van der Waals surface area contributed by atoms with E-state index in [-0.39, 0.29) is 16.3 Å². The molecule has 0 aliphatic rings. The van der Waals surface area contributed by atoms with E-state index in [4.69, 9.17) is 11.6 Å². The van der Waals surface area contributed by atoms with Gasteiger partial charge in [0.2, 0.25) is 0 Å². The number of non-ortho nitro benzene ring substituents is 1. The van der Waals surface area contributed by atoms with E-state index in [0.29, 0.717) is 6.54 Å². The molecule has 0 aliphatic heterocycles. The Balaban J connectivity index is 2.63. The lowest BCUT2D eigenvalue weighted by Gasteiger charge is -2.06. The van der Waals surface area contributed by atoms with Gasteiger partial charge in [-0.05, 0) is 6.07 Å². The summed E-state index contributed by atoms with van der Waals surface area (Å²) in [5.41, 5.74) is -0.0415. The zero-order chi connectivity index (χ0) is 14.3. The normalized spacial score (nSPS) is 9.95. The van der Waals surface area contributed by atoms with Crippen LogP contribution in [0.2, 0.25) is 5.02 Å². The number of nitro benzene ring substituents is 1. The van der Waals surface area contributed by atoms with Crippen molar-refractivity contribution >= 4 is 35.0 Å². The van der Waals surface area contributed by atoms with Gasteiger partial charge in [-0.1, -0.05) is 17.7 Å². The van der Waals surface area contributed by atoms with E-state index in [9.17, 15) is 14.9 Å². The van der Waals surface area contributed by atoms with Gasteiger partial charge in [0.05, 0.1) is 15.5 Å². The van der Waals surface area contributed by atoms with Gasteiger partial charge < -0.3 is 5.32 Å². The molecule has 1 aromatic rings. The minimum absolute atomic E-state index is 0.115. The number of nitro groups is 1. The van der Waals surface area contributed by atoms with Gasteiger partial charge in [-0.2, -0.15) is 11.8 Å². The predicted molar refractivity (Wildman–Crippen MR) is 78.0 cm³/mol. The van der Waals surface area contributed by atoms with E-state index in [1.807, 2.05) is 0 Å². The van der Waals surface area contributed by atoms with Gasteiger partial charge in [0.1, 0.15) is 0 Å². The Morgan fingerprint density at radius 2 is 2.32 bits per heavy atom. The zero-order valence-electron chi connectivity index (χ0n) is 10.1. The Hall–Kier alpha value is -1.53. The number of hydrogen-bond donors (Lipinski definition) is 1. The van der Waals surface area contributed by atoms with Gasteiger partial charge in [0.25, 0.3) is 11.6 Å². The Bertz CT molecular complexity index is 494. The molecule has 19 heavy (non-hydrogen) atoms. The molecular formula is C12H13ClN2O3S. The van der Waals surface area contributed by atoms with Crippen LogP contribution in [0.5, 0.6) is 0 Å². The van der Waals surface area contributed by atoms with Crippen LogP contribution in [0, 0.1) is 10.1 Å². The fourth-order valence-electron chi connectivity index (χ4n) is 1.30. The number of nitrogens with one attached hydrogen (secondary N) is 1. The molecule has 5 nitrogen and oxygen atoms in total. The standard InChI is InChI=1S/C12H13ClN2O3S/c1-2-6-19-7-5-14-12(16)10-8-9(15(17)18)3-4-11(10)13/h2-4,8H,1,5-7H2,(H,14,16). The van der Waals surface area contributed by atoms with Crippen molar-refractivity contribution in [2.75, 3.05) is 18.1 Å². The molecule has 0 unspecified atom stereocenters. The largest absolute Gasteiger partial charge is 0.351 e. The van der Waals surface area contributed by atoms with E-state index < -0.39 is 10.8 Å². The van der Waals surface area contributed by atoms with Crippen LogP contribution in [0.1, 0.15) is 10.4 Å². The van der Waals surface area contributed by atoms with E-state index in [1.54, 1.807) is 17.8 Å². The lowest BCUT2D eigenvalue weighted by molar-refractivity contribution is -0.384. The maximum Gasteiger partial charge on any atom is 0.270 e. The molecule has 7 heteroatoms. The second kappa shape index (κ2) is 7.81. The highest BCUT2D eigenvalue weighted by molar-refractivity contribution is 7.99. The first-order valence-corrected chi connectivity index (χ1v) is 7.00. The van der Waals surface area contributed by atoms with Crippen molar-refractivity contribution in [1.82, 2.24) is 5.32 Å². The third-order valence-electron chi connectivity index (χ3n) is 2.17. The molecule has 0 heterocycles. The average Bonchev–Trinajstić information content (AvgIpc) is 2.38. The molecule has 1 aromatic carbocycles. The topological polar surface area (TPSA) is 72.2 Å². The van der Waals surface area contributed by atoms with Crippen LogP contribution < -0.4 is 5.32 Å². The van der Waals surface area contributed by atoms with Crippen molar-refractivity contribution in [3.05, 3.63) is 51.6 Å². The summed E-state index contributed by atoms with van der Waals surface area (Å²) < 4.78 is 0. The molecule has 0 radical (unpaired) electrons. The number of halogens is 1. The van der Waals surface area contributed by atoms with Gasteiger partial charge in [0, 0.05) is 30.2 Å². The quantitative estimate of drug-likeness (QED) is 0.364. The molecule has 0 fully saturated rings. The number of hydrogen-bond acceptors (Lipinski definition) is 4. The Morgan fingerprint density at radius 1 is 1.58 bits per heavy atom. The number of carbonyl (C=O) groups excluding carboxylic acids is 1. The number of carbonyl (C=O) groups is 1. The van der Waals surface area contributed by atoms with Crippen molar-refractivity contribution in [1.29, 1.82) is 0 Å². The Labute approximate surface area is 120 Å². The van der Waals surface area contributed by atoms with Crippen molar-refractivity contribution in [3.63, 3.8) is 0 Å². The van der Waals surface area contributed by atoms with Crippen molar-refractivity contribution in [3.8, 4) is 0 Å². The van der Waals surface area contributed by atoms with Gasteiger partial charge in [-0.15, -0.1) is 6.58 Å². The predicted octanol–water partition coefficient (Wildman–Crippen LogP) is 2.90. The highest BCUT2D eigenvalue weighted by Crippen LogP contribution is 2.21. The summed E-state index contributed by atoms with van der Waals surface area (Å²) in [5.74, 6) is 1.14. The average molecular weight is 301 g/mol. The number of rotatable bonds is 7. The third-order valence-corrected chi connectivity index (χ3v) is 3.47. The van der Waals surface area contributed by atoms with E-state index >= 15 is 0 Å². The Morgan fingerprint density at radius 3 is 2.95 bits per heavy atom. The first kappa shape index (κ1) is 15.5. The molecule has 0 aliphatic carbocycles. The minimum atomic E-state index is -0.562. The van der Waals surface area contributed by atoms with Crippen LogP contribution in [0.4, 0.5) is 5.69 Å². The molecule has 102 valence electrons. The lowest BCUT2D eigenvalue weighted by atomic mass is 10.2. The first-order valence-electron chi connectivity index (χ1n) is 5.47. The van der Waals surface area contributed by atoms with Crippen LogP contribution in [0.15, 0.2) is 30.9 Å². The summed E-state index contributed by atoms with van der Waals surface area (Å²) in [7, 11) is 0. The molecule has 1 amide bonds. The summed E-state index contributed by atoms with van der Waals surface area (Å²) >= 11 is 7.49. The molecular weight excluding hydrogens is 288 g/mol. The second-order valence-electron chi connectivity index (χ2n) is 3.54. The molecule has 1 N–H and O–H groups in total. The monoisotopic (exact) mass is 300 g/mol. The van der Waals surface area contributed by atoms with E-state index in [0.717, 1.165) is 11.5 Å². The van der Waals surface area contributed by atoms with Crippen LogP contribution in [-0.2, 0) is 0 Å². The lowest BCUT2D eigenvalue weighted by Crippen LogP contribution is -2.26. The van der Waals surface area contributed by atoms with Crippen molar-refractivity contribution in [2.45, 2.75) is 0 Å². The zero-order valence-corrected chi connectivity index (χ0v) is 11.7. The van der Waals surface area contributed by atoms with Crippen molar-refractivity contribution < 1.29 is 9.72 Å². The molecule has 0 atom stereocenters. The second-order valence-corrected chi connectivity index (χ2v) is 5.10.